The standard InChI is InChI=1S/C10H10ClN3O/c11-8-3-1-2-7(4-8)5-9-13-10(6-12)15-14-9/h1-4H,5-6,12H2. The highest BCUT2D eigenvalue weighted by Crippen LogP contribution is 2.13. The van der Waals surface area contributed by atoms with Crippen molar-refractivity contribution in [2.45, 2.75) is 13.0 Å². The zero-order valence-electron chi connectivity index (χ0n) is 7.98. The first-order valence-electron chi connectivity index (χ1n) is 4.54. The minimum atomic E-state index is 0.266. The summed E-state index contributed by atoms with van der Waals surface area (Å²) >= 11 is 5.86. The number of nitrogens with zero attached hydrogens (tertiary/aromatic N) is 2. The van der Waals surface area contributed by atoms with Crippen molar-refractivity contribution in [3.05, 3.63) is 46.6 Å². The fraction of sp³-hybridized carbons (Fsp3) is 0.200. The summed E-state index contributed by atoms with van der Waals surface area (Å²) in [5.41, 5.74) is 6.41. The van der Waals surface area contributed by atoms with Crippen LogP contribution in [0.3, 0.4) is 0 Å². The Labute approximate surface area is 92.0 Å². The third-order valence-electron chi connectivity index (χ3n) is 1.94. The summed E-state index contributed by atoms with van der Waals surface area (Å²) < 4.78 is 4.90. The highest BCUT2D eigenvalue weighted by atomic mass is 35.5. The minimum absolute atomic E-state index is 0.266. The van der Waals surface area contributed by atoms with Crippen molar-refractivity contribution >= 4 is 11.6 Å². The molecule has 1 aromatic heterocycles. The normalized spacial score (nSPS) is 10.5. The van der Waals surface area contributed by atoms with E-state index in [1.165, 1.54) is 0 Å². The Bertz CT molecular complexity index is 455. The third kappa shape index (κ3) is 2.55. The SMILES string of the molecule is NCc1nc(Cc2cccc(Cl)c2)no1. The molecule has 2 aromatic rings. The van der Waals surface area contributed by atoms with E-state index in [4.69, 9.17) is 21.9 Å². The zero-order valence-corrected chi connectivity index (χ0v) is 8.74. The summed E-state index contributed by atoms with van der Waals surface area (Å²) in [7, 11) is 0. The Hall–Kier alpha value is -1.39. The van der Waals surface area contributed by atoms with Gasteiger partial charge in [0.1, 0.15) is 0 Å². The van der Waals surface area contributed by atoms with E-state index in [0.29, 0.717) is 23.2 Å². The van der Waals surface area contributed by atoms with Crippen molar-refractivity contribution < 1.29 is 4.52 Å². The van der Waals surface area contributed by atoms with Crippen LogP contribution < -0.4 is 5.73 Å². The predicted octanol–water partition coefficient (Wildman–Crippen LogP) is 1.77. The fourth-order valence-electron chi connectivity index (χ4n) is 1.27. The molecule has 0 aliphatic carbocycles. The summed E-state index contributed by atoms with van der Waals surface area (Å²) in [6, 6.07) is 7.55. The van der Waals surface area contributed by atoms with Gasteiger partial charge in [-0.3, -0.25) is 0 Å². The van der Waals surface area contributed by atoms with Gasteiger partial charge in [0.05, 0.1) is 6.54 Å². The lowest BCUT2D eigenvalue weighted by Crippen LogP contribution is -1.97. The van der Waals surface area contributed by atoms with Gasteiger partial charge in [0.2, 0.25) is 5.89 Å². The number of benzene rings is 1. The summed E-state index contributed by atoms with van der Waals surface area (Å²) in [5.74, 6) is 1.07. The summed E-state index contributed by atoms with van der Waals surface area (Å²) in [4.78, 5) is 4.11. The van der Waals surface area contributed by atoms with Crippen LogP contribution in [0.25, 0.3) is 0 Å². The molecule has 5 heteroatoms. The van der Waals surface area contributed by atoms with Gasteiger partial charge in [0.25, 0.3) is 0 Å². The van der Waals surface area contributed by atoms with Gasteiger partial charge in [0.15, 0.2) is 5.82 Å². The fourth-order valence-corrected chi connectivity index (χ4v) is 1.49. The molecule has 0 aliphatic rings. The lowest BCUT2D eigenvalue weighted by Gasteiger charge is -1.96. The van der Waals surface area contributed by atoms with Crippen molar-refractivity contribution in [1.29, 1.82) is 0 Å². The molecule has 1 aromatic carbocycles. The van der Waals surface area contributed by atoms with Crippen LogP contribution in [-0.4, -0.2) is 10.1 Å². The first-order chi connectivity index (χ1) is 7.28. The molecule has 0 unspecified atom stereocenters. The first kappa shape index (κ1) is 10.1. The van der Waals surface area contributed by atoms with Crippen LogP contribution in [0.15, 0.2) is 28.8 Å². The second-order valence-electron chi connectivity index (χ2n) is 3.12. The van der Waals surface area contributed by atoms with Crippen LogP contribution in [0.5, 0.6) is 0 Å². The molecule has 0 spiro atoms. The molecule has 0 fully saturated rings. The van der Waals surface area contributed by atoms with Gasteiger partial charge in [-0.1, -0.05) is 28.9 Å². The van der Waals surface area contributed by atoms with E-state index in [9.17, 15) is 0 Å². The maximum Gasteiger partial charge on any atom is 0.240 e. The van der Waals surface area contributed by atoms with Crippen molar-refractivity contribution in [2.24, 2.45) is 5.73 Å². The topological polar surface area (TPSA) is 64.9 Å². The first-order valence-corrected chi connectivity index (χ1v) is 4.91. The van der Waals surface area contributed by atoms with Gasteiger partial charge in [-0.2, -0.15) is 4.98 Å². The Morgan fingerprint density at radius 2 is 2.27 bits per heavy atom. The van der Waals surface area contributed by atoms with Crippen molar-refractivity contribution in [1.82, 2.24) is 10.1 Å². The van der Waals surface area contributed by atoms with Crippen LogP contribution in [0.2, 0.25) is 5.02 Å². The molecule has 0 saturated heterocycles. The quantitative estimate of drug-likeness (QED) is 0.862. The molecular weight excluding hydrogens is 214 g/mol. The molecule has 0 saturated carbocycles. The summed E-state index contributed by atoms with van der Waals surface area (Å²) in [5, 5.41) is 4.51. The molecule has 1 heterocycles. The van der Waals surface area contributed by atoms with Crippen LogP contribution in [-0.2, 0) is 13.0 Å². The van der Waals surface area contributed by atoms with Gasteiger partial charge < -0.3 is 10.3 Å². The third-order valence-corrected chi connectivity index (χ3v) is 2.17. The number of halogens is 1. The van der Waals surface area contributed by atoms with Crippen LogP contribution in [0, 0.1) is 0 Å². The molecule has 0 aliphatic heterocycles. The molecule has 2 N–H and O–H groups in total. The smallest absolute Gasteiger partial charge is 0.240 e. The van der Waals surface area contributed by atoms with E-state index in [1.807, 2.05) is 24.3 Å². The number of nitrogens with two attached hydrogens (primary N) is 1. The maximum atomic E-state index is 5.86. The highest BCUT2D eigenvalue weighted by Gasteiger charge is 2.05. The molecule has 78 valence electrons. The molecule has 0 radical (unpaired) electrons. The van der Waals surface area contributed by atoms with Gasteiger partial charge in [-0.15, -0.1) is 0 Å². The van der Waals surface area contributed by atoms with Gasteiger partial charge in [0, 0.05) is 11.4 Å². The Kier molecular flexibility index (Phi) is 2.99. The minimum Gasteiger partial charge on any atom is -0.338 e. The number of aromatic nitrogens is 2. The van der Waals surface area contributed by atoms with E-state index >= 15 is 0 Å². The largest absolute Gasteiger partial charge is 0.338 e. The molecule has 0 bridgehead atoms. The van der Waals surface area contributed by atoms with Crippen LogP contribution in [0.1, 0.15) is 17.3 Å². The van der Waals surface area contributed by atoms with E-state index in [2.05, 4.69) is 10.1 Å². The average Bonchev–Trinajstić information content (AvgIpc) is 2.65. The second kappa shape index (κ2) is 4.42. The van der Waals surface area contributed by atoms with Crippen LogP contribution >= 0.6 is 11.6 Å². The Balaban J connectivity index is 2.14. The van der Waals surface area contributed by atoms with Crippen LogP contribution in [0.4, 0.5) is 0 Å². The van der Waals surface area contributed by atoms with Gasteiger partial charge >= 0.3 is 0 Å². The summed E-state index contributed by atoms with van der Waals surface area (Å²) in [6.45, 7) is 0.266. The number of rotatable bonds is 3. The van der Waals surface area contributed by atoms with Crippen molar-refractivity contribution in [2.75, 3.05) is 0 Å². The lowest BCUT2D eigenvalue weighted by molar-refractivity contribution is 0.375. The maximum absolute atomic E-state index is 5.86. The molecule has 0 atom stereocenters. The van der Waals surface area contributed by atoms with Gasteiger partial charge in [-0.25, -0.2) is 0 Å². The molecule has 2 rings (SSSR count). The van der Waals surface area contributed by atoms with Gasteiger partial charge in [-0.05, 0) is 17.7 Å². The van der Waals surface area contributed by atoms with E-state index in [1.54, 1.807) is 0 Å². The predicted molar refractivity (Wildman–Crippen MR) is 56.4 cm³/mol. The second-order valence-corrected chi connectivity index (χ2v) is 3.55. The Morgan fingerprint density at radius 1 is 1.40 bits per heavy atom. The zero-order chi connectivity index (χ0) is 10.7. The number of hydrogen-bond acceptors (Lipinski definition) is 4. The number of hydrogen-bond donors (Lipinski definition) is 1. The summed E-state index contributed by atoms with van der Waals surface area (Å²) in [6.07, 6.45) is 0.601. The molecule has 15 heavy (non-hydrogen) atoms. The lowest BCUT2D eigenvalue weighted by atomic mass is 10.1. The van der Waals surface area contributed by atoms with E-state index in [0.717, 1.165) is 5.56 Å². The van der Waals surface area contributed by atoms with Crippen molar-refractivity contribution in [3.8, 4) is 0 Å². The molecule has 0 amide bonds. The average molecular weight is 224 g/mol. The molecule has 4 nitrogen and oxygen atoms in total. The van der Waals surface area contributed by atoms with Crippen molar-refractivity contribution in [3.63, 3.8) is 0 Å². The highest BCUT2D eigenvalue weighted by molar-refractivity contribution is 6.30. The van der Waals surface area contributed by atoms with E-state index < -0.39 is 0 Å². The van der Waals surface area contributed by atoms with E-state index in [-0.39, 0.29) is 6.54 Å². The molecular formula is C10H10ClN3O. The Morgan fingerprint density at radius 3 is 2.93 bits per heavy atom. The monoisotopic (exact) mass is 223 g/mol.